The maximum Gasteiger partial charge on any atom is 0.320 e. The lowest BCUT2D eigenvalue weighted by Gasteiger charge is -2.38. The molecule has 0 amide bonds. The largest absolute Gasteiger partial charge is 0.480 e. The summed E-state index contributed by atoms with van der Waals surface area (Å²) in [5.74, 6) is -3.08. The molecule has 1 rings (SSSR count). The number of rotatable bonds is 10. The van der Waals surface area contributed by atoms with E-state index in [9.17, 15) is 14.4 Å². The Morgan fingerprint density at radius 1 is 1.19 bits per heavy atom. The molecule has 9 nitrogen and oxygen atoms in total. The normalized spacial score (nSPS) is 21.3. The molecule has 0 spiro atoms. The summed E-state index contributed by atoms with van der Waals surface area (Å²) in [6.07, 6.45) is 0.954. The molecular weight excluding hydrogens is 282 g/mol. The van der Waals surface area contributed by atoms with Gasteiger partial charge in [-0.25, -0.2) is 0 Å². The van der Waals surface area contributed by atoms with Crippen LogP contribution in [0, 0.1) is 0 Å². The van der Waals surface area contributed by atoms with E-state index in [4.69, 9.17) is 21.1 Å². The van der Waals surface area contributed by atoms with Crippen molar-refractivity contribution in [2.24, 2.45) is 5.73 Å². The Morgan fingerprint density at radius 3 is 2.29 bits per heavy atom. The van der Waals surface area contributed by atoms with Crippen molar-refractivity contribution in [3.63, 3.8) is 0 Å². The summed E-state index contributed by atoms with van der Waals surface area (Å²) in [4.78, 5) is 34.2. The highest BCUT2D eigenvalue weighted by atomic mass is 16.4. The zero-order valence-corrected chi connectivity index (χ0v) is 11.6. The van der Waals surface area contributed by atoms with Gasteiger partial charge in [0.2, 0.25) is 0 Å². The highest BCUT2D eigenvalue weighted by molar-refractivity contribution is 5.75. The topological polar surface area (TPSA) is 153 Å². The molecule has 1 saturated heterocycles. The minimum absolute atomic E-state index is 0.126. The van der Waals surface area contributed by atoms with Crippen LogP contribution < -0.4 is 11.1 Å². The van der Waals surface area contributed by atoms with E-state index in [0.29, 0.717) is 19.5 Å². The summed E-state index contributed by atoms with van der Waals surface area (Å²) >= 11 is 0. The number of nitrogens with one attached hydrogen (secondary N) is 1. The minimum atomic E-state index is -1.13. The van der Waals surface area contributed by atoms with Crippen LogP contribution in [-0.4, -0.2) is 75.9 Å². The molecular formula is C12H21N3O6. The van der Waals surface area contributed by atoms with Crippen LogP contribution in [0.4, 0.5) is 0 Å². The van der Waals surface area contributed by atoms with Crippen molar-refractivity contribution in [2.75, 3.05) is 19.6 Å². The van der Waals surface area contributed by atoms with Gasteiger partial charge in [0, 0.05) is 13.1 Å². The van der Waals surface area contributed by atoms with E-state index in [1.807, 2.05) is 0 Å². The van der Waals surface area contributed by atoms with Crippen LogP contribution in [0.25, 0.3) is 0 Å². The van der Waals surface area contributed by atoms with E-state index >= 15 is 0 Å². The Bertz CT molecular complexity index is 402. The van der Waals surface area contributed by atoms with Gasteiger partial charge in [0.1, 0.15) is 18.1 Å². The van der Waals surface area contributed by atoms with Crippen molar-refractivity contribution in [3.05, 3.63) is 0 Å². The third kappa shape index (κ3) is 5.29. The van der Waals surface area contributed by atoms with E-state index in [-0.39, 0.29) is 19.4 Å². The highest BCUT2D eigenvalue weighted by Gasteiger charge is 2.34. The molecule has 0 radical (unpaired) electrons. The Kier molecular flexibility index (Phi) is 6.53. The van der Waals surface area contributed by atoms with E-state index in [0.717, 1.165) is 0 Å². The van der Waals surface area contributed by atoms with Gasteiger partial charge in [-0.05, 0) is 25.8 Å². The Labute approximate surface area is 121 Å². The fourth-order valence-electron chi connectivity index (χ4n) is 2.13. The lowest BCUT2D eigenvalue weighted by Crippen LogP contribution is -2.54. The van der Waals surface area contributed by atoms with Crippen LogP contribution in [0.2, 0.25) is 0 Å². The van der Waals surface area contributed by atoms with Crippen LogP contribution in [0.1, 0.15) is 19.3 Å². The van der Waals surface area contributed by atoms with E-state index < -0.39 is 36.0 Å². The predicted molar refractivity (Wildman–Crippen MR) is 71.9 cm³/mol. The van der Waals surface area contributed by atoms with Crippen molar-refractivity contribution in [3.8, 4) is 0 Å². The first-order chi connectivity index (χ1) is 9.82. The van der Waals surface area contributed by atoms with Crippen molar-refractivity contribution in [2.45, 2.75) is 37.4 Å². The molecule has 3 atom stereocenters. The van der Waals surface area contributed by atoms with Gasteiger partial charge in [0.15, 0.2) is 0 Å². The van der Waals surface area contributed by atoms with Crippen LogP contribution in [-0.2, 0) is 14.4 Å². The monoisotopic (exact) mass is 303 g/mol. The summed E-state index contributed by atoms with van der Waals surface area (Å²) in [7, 11) is 0. The second-order valence-corrected chi connectivity index (χ2v) is 5.05. The molecule has 1 heterocycles. The molecule has 0 aromatic carbocycles. The molecule has 0 saturated carbocycles. The number of nitrogens with zero attached hydrogens (tertiary/aromatic N) is 1. The van der Waals surface area contributed by atoms with E-state index in [2.05, 4.69) is 5.32 Å². The number of likely N-dealkylation sites (tertiary alicyclic amines) is 1. The average molecular weight is 303 g/mol. The van der Waals surface area contributed by atoms with Gasteiger partial charge in [0.05, 0.1) is 0 Å². The van der Waals surface area contributed by atoms with Crippen LogP contribution >= 0.6 is 0 Å². The molecule has 0 aromatic rings. The molecule has 0 bridgehead atoms. The third-order valence-corrected chi connectivity index (χ3v) is 3.58. The van der Waals surface area contributed by atoms with Gasteiger partial charge in [-0.1, -0.05) is 0 Å². The first-order valence-corrected chi connectivity index (χ1v) is 6.74. The predicted octanol–water partition coefficient (Wildman–Crippen LogP) is -1.62. The second-order valence-electron chi connectivity index (χ2n) is 5.05. The lowest BCUT2D eigenvalue weighted by molar-refractivity contribution is -0.148. The first kappa shape index (κ1) is 17.3. The van der Waals surface area contributed by atoms with Gasteiger partial charge in [-0.2, -0.15) is 0 Å². The van der Waals surface area contributed by atoms with Crippen molar-refractivity contribution < 1.29 is 29.7 Å². The lowest BCUT2D eigenvalue weighted by atomic mass is 10.0. The summed E-state index contributed by atoms with van der Waals surface area (Å²) in [5.41, 5.74) is 5.32. The van der Waals surface area contributed by atoms with Gasteiger partial charge in [0.25, 0.3) is 0 Å². The molecule has 1 fully saturated rings. The Hall–Kier alpha value is -1.71. The number of carboxylic acids is 3. The van der Waals surface area contributed by atoms with Crippen molar-refractivity contribution in [1.29, 1.82) is 0 Å². The number of nitrogens with two attached hydrogens (primary N) is 1. The van der Waals surface area contributed by atoms with Crippen LogP contribution in [0.3, 0.4) is 0 Å². The maximum absolute atomic E-state index is 11.1. The molecule has 120 valence electrons. The van der Waals surface area contributed by atoms with Crippen LogP contribution in [0.5, 0.6) is 0 Å². The zero-order valence-electron chi connectivity index (χ0n) is 11.6. The molecule has 0 aliphatic carbocycles. The van der Waals surface area contributed by atoms with Crippen LogP contribution in [0.15, 0.2) is 0 Å². The fourth-order valence-corrected chi connectivity index (χ4v) is 2.13. The standard InChI is InChI=1S/C12H21N3O6/c13-7(10(16)17)1-4-14-8(11(18)19)2-5-15-6-3-9(15)12(20)21/h7-9,14H,1-6,13H2,(H,16,17)(H,18,19)(H,20,21)/t7-,8+,9-/m1/s1. The first-order valence-electron chi connectivity index (χ1n) is 6.74. The average Bonchev–Trinajstić information content (AvgIpc) is 2.34. The summed E-state index contributed by atoms with van der Waals surface area (Å²) in [6.45, 7) is 1.19. The molecule has 21 heavy (non-hydrogen) atoms. The van der Waals surface area contributed by atoms with Crippen molar-refractivity contribution in [1.82, 2.24) is 10.2 Å². The van der Waals surface area contributed by atoms with E-state index in [1.54, 1.807) is 4.90 Å². The molecule has 0 aromatic heterocycles. The zero-order chi connectivity index (χ0) is 16.0. The summed E-state index contributed by atoms with van der Waals surface area (Å²) in [5, 5.41) is 29.3. The van der Waals surface area contributed by atoms with Gasteiger partial charge in [-0.3, -0.25) is 19.3 Å². The SMILES string of the molecule is N[C@H](CCN[C@@H](CCN1CC[C@@H]1C(=O)O)C(=O)O)C(=O)O. The van der Waals surface area contributed by atoms with Crippen molar-refractivity contribution >= 4 is 17.9 Å². The molecule has 9 heteroatoms. The van der Waals surface area contributed by atoms with E-state index in [1.165, 1.54) is 0 Å². The third-order valence-electron chi connectivity index (χ3n) is 3.58. The number of hydrogen-bond acceptors (Lipinski definition) is 6. The Morgan fingerprint density at radius 2 is 1.86 bits per heavy atom. The number of carbonyl (C=O) groups is 3. The smallest absolute Gasteiger partial charge is 0.320 e. The minimum Gasteiger partial charge on any atom is -0.480 e. The molecule has 6 N–H and O–H groups in total. The summed E-state index contributed by atoms with van der Waals surface area (Å²) < 4.78 is 0. The maximum atomic E-state index is 11.1. The number of carboxylic acid groups (broad SMARTS) is 3. The number of hydrogen-bond donors (Lipinski definition) is 5. The molecule has 1 aliphatic heterocycles. The van der Waals surface area contributed by atoms with Gasteiger partial charge >= 0.3 is 17.9 Å². The fraction of sp³-hybridized carbons (Fsp3) is 0.750. The Balaban J connectivity index is 2.32. The summed E-state index contributed by atoms with van der Waals surface area (Å²) in [6, 6.07) is -2.40. The molecule has 1 aliphatic rings. The quantitative estimate of drug-likeness (QED) is 0.320. The highest BCUT2D eigenvalue weighted by Crippen LogP contribution is 2.17. The number of aliphatic carboxylic acids is 3. The van der Waals surface area contributed by atoms with Gasteiger partial charge < -0.3 is 26.4 Å². The van der Waals surface area contributed by atoms with Gasteiger partial charge in [-0.15, -0.1) is 0 Å². The second kappa shape index (κ2) is 7.91. The molecule has 0 unspecified atom stereocenters.